The Kier molecular flexibility index (Phi) is 5.54. The van der Waals surface area contributed by atoms with E-state index in [9.17, 15) is 8.42 Å². The minimum Gasteiger partial charge on any atom is -0.286 e. The molecule has 0 radical (unpaired) electrons. The second kappa shape index (κ2) is 8.24. The van der Waals surface area contributed by atoms with Crippen molar-refractivity contribution in [2.24, 2.45) is 0 Å². The van der Waals surface area contributed by atoms with Crippen molar-refractivity contribution in [3.63, 3.8) is 0 Å². The van der Waals surface area contributed by atoms with Gasteiger partial charge in [0.05, 0.1) is 5.75 Å². The molecule has 6 nitrogen and oxygen atoms in total. The maximum atomic E-state index is 13.0. The van der Waals surface area contributed by atoms with Gasteiger partial charge in [-0.3, -0.25) is 4.57 Å². The van der Waals surface area contributed by atoms with Crippen molar-refractivity contribution < 1.29 is 8.42 Å². The van der Waals surface area contributed by atoms with Crippen LogP contribution in [0.3, 0.4) is 0 Å². The van der Waals surface area contributed by atoms with Gasteiger partial charge in [0.15, 0.2) is 0 Å². The van der Waals surface area contributed by atoms with E-state index >= 15 is 0 Å². The average Bonchev–Trinajstić information content (AvgIpc) is 3.37. The van der Waals surface area contributed by atoms with Gasteiger partial charge in [-0.1, -0.05) is 48.5 Å². The van der Waals surface area contributed by atoms with Gasteiger partial charge >= 0.3 is 0 Å². The lowest BCUT2D eigenvalue weighted by atomic mass is 10.1. The highest BCUT2D eigenvalue weighted by Gasteiger charge is 2.34. The smallest absolute Gasteiger partial charge is 0.218 e. The van der Waals surface area contributed by atoms with Gasteiger partial charge in [-0.15, -0.1) is 10.2 Å². The molecular formula is C21H24N4O2S. The van der Waals surface area contributed by atoms with Crippen LogP contribution in [0.5, 0.6) is 0 Å². The minimum absolute atomic E-state index is 0.0228. The van der Waals surface area contributed by atoms with Crippen LogP contribution in [0.1, 0.15) is 30.7 Å². The van der Waals surface area contributed by atoms with Gasteiger partial charge in [0, 0.05) is 24.7 Å². The molecule has 0 saturated carbocycles. The number of nitrogens with zero attached hydrogens (tertiary/aromatic N) is 4. The van der Waals surface area contributed by atoms with Crippen LogP contribution in [0.25, 0.3) is 5.69 Å². The number of hydrogen-bond donors (Lipinski definition) is 0. The van der Waals surface area contributed by atoms with Crippen LogP contribution in [-0.4, -0.2) is 40.1 Å². The molecule has 1 saturated heterocycles. The van der Waals surface area contributed by atoms with Crippen LogP contribution in [0.2, 0.25) is 0 Å². The maximum Gasteiger partial charge on any atom is 0.218 e. The lowest BCUT2D eigenvalue weighted by Crippen LogP contribution is -2.36. The van der Waals surface area contributed by atoms with E-state index in [1.54, 1.807) is 10.6 Å². The largest absolute Gasteiger partial charge is 0.286 e. The Morgan fingerprint density at radius 1 is 1.00 bits per heavy atom. The third kappa shape index (κ3) is 4.15. The van der Waals surface area contributed by atoms with E-state index in [-0.39, 0.29) is 11.8 Å². The van der Waals surface area contributed by atoms with Gasteiger partial charge < -0.3 is 0 Å². The Morgan fingerprint density at radius 2 is 1.71 bits per heavy atom. The third-order valence-corrected chi connectivity index (χ3v) is 7.12. The van der Waals surface area contributed by atoms with Gasteiger partial charge in [0.2, 0.25) is 10.0 Å². The molecule has 2 aromatic carbocycles. The lowest BCUT2D eigenvalue weighted by Gasteiger charge is -2.24. The van der Waals surface area contributed by atoms with Crippen molar-refractivity contribution in [2.75, 3.05) is 6.54 Å². The maximum absolute atomic E-state index is 13.0. The van der Waals surface area contributed by atoms with Crippen LogP contribution in [0.4, 0.5) is 0 Å². The molecule has 2 heterocycles. The van der Waals surface area contributed by atoms with E-state index in [0.29, 0.717) is 13.0 Å². The quantitative estimate of drug-likeness (QED) is 0.615. The molecule has 1 aromatic heterocycles. The molecule has 28 heavy (non-hydrogen) atoms. The van der Waals surface area contributed by atoms with Crippen LogP contribution in [0.15, 0.2) is 67.0 Å². The molecule has 0 aliphatic carbocycles. The number of aromatic nitrogens is 3. The fourth-order valence-electron chi connectivity index (χ4n) is 3.86. The summed E-state index contributed by atoms with van der Waals surface area (Å²) in [6.07, 6.45) is 4.96. The molecule has 1 unspecified atom stereocenters. The fourth-order valence-corrected chi connectivity index (χ4v) is 5.71. The molecule has 0 N–H and O–H groups in total. The predicted molar refractivity (Wildman–Crippen MR) is 108 cm³/mol. The molecule has 7 heteroatoms. The Morgan fingerprint density at radius 3 is 2.46 bits per heavy atom. The summed E-state index contributed by atoms with van der Waals surface area (Å²) in [5.41, 5.74) is 1.85. The summed E-state index contributed by atoms with van der Waals surface area (Å²) in [7, 11) is -3.33. The molecule has 1 aliphatic heterocycles. The molecule has 1 atom stereocenters. The van der Waals surface area contributed by atoms with E-state index in [0.717, 1.165) is 36.3 Å². The van der Waals surface area contributed by atoms with Gasteiger partial charge in [-0.25, -0.2) is 8.42 Å². The summed E-state index contributed by atoms with van der Waals surface area (Å²) >= 11 is 0. The third-order valence-electron chi connectivity index (χ3n) is 5.23. The molecule has 3 aromatic rings. The van der Waals surface area contributed by atoms with Crippen molar-refractivity contribution in [2.45, 2.75) is 37.5 Å². The molecule has 0 amide bonds. The standard InChI is InChI=1S/C21H24N4O2S/c26-28(27,16-18-8-3-1-4-9-18)25-15-7-12-20(25)13-14-21-23-22-17-24(21)19-10-5-2-6-11-19/h1-6,8-11,17,20H,7,12-16H2. The van der Waals surface area contributed by atoms with Crippen LogP contribution < -0.4 is 0 Å². The van der Waals surface area contributed by atoms with Crippen molar-refractivity contribution in [1.82, 2.24) is 19.1 Å². The highest BCUT2D eigenvalue weighted by Crippen LogP contribution is 2.27. The van der Waals surface area contributed by atoms with Gasteiger partial charge in [-0.05, 0) is 37.0 Å². The summed E-state index contributed by atoms with van der Waals surface area (Å²) < 4.78 is 29.6. The highest BCUT2D eigenvalue weighted by atomic mass is 32.2. The zero-order valence-electron chi connectivity index (χ0n) is 15.7. The Balaban J connectivity index is 1.45. The lowest BCUT2D eigenvalue weighted by molar-refractivity contribution is 0.367. The van der Waals surface area contributed by atoms with Crippen molar-refractivity contribution >= 4 is 10.0 Å². The van der Waals surface area contributed by atoms with E-state index in [4.69, 9.17) is 0 Å². The fraction of sp³-hybridized carbons (Fsp3) is 0.333. The van der Waals surface area contributed by atoms with Crippen molar-refractivity contribution in [1.29, 1.82) is 0 Å². The Bertz CT molecular complexity index is 1000. The van der Waals surface area contributed by atoms with E-state index < -0.39 is 10.0 Å². The Hall–Kier alpha value is -2.51. The molecule has 1 aliphatic rings. The second-order valence-electron chi connectivity index (χ2n) is 7.14. The van der Waals surface area contributed by atoms with E-state index in [2.05, 4.69) is 10.2 Å². The summed E-state index contributed by atoms with van der Waals surface area (Å²) in [4.78, 5) is 0. The average molecular weight is 397 g/mol. The minimum atomic E-state index is -3.33. The van der Waals surface area contributed by atoms with Gasteiger partial charge in [-0.2, -0.15) is 4.31 Å². The van der Waals surface area contributed by atoms with Gasteiger partial charge in [0.25, 0.3) is 0 Å². The molecule has 146 valence electrons. The molecular weight excluding hydrogens is 372 g/mol. The van der Waals surface area contributed by atoms with Crippen LogP contribution >= 0.6 is 0 Å². The topological polar surface area (TPSA) is 68.1 Å². The zero-order valence-corrected chi connectivity index (χ0v) is 16.5. The number of sulfonamides is 1. The number of hydrogen-bond acceptors (Lipinski definition) is 4. The molecule has 1 fully saturated rings. The number of aryl methyl sites for hydroxylation is 1. The second-order valence-corrected chi connectivity index (χ2v) is 9.06. The Labute approximate surface area is 165 Å². The highest BCUT2D eigenvalue weighted by molar-refractivity contribution is 7.88. The summed E-state index contributed by atoms with van der Waals surface area (Å²) in [6.45, 7) is 0.602. The number of rotatable bonds is 7. The van der Waals surface area contributed by atoms with Crippen molar-refractivity contribution in [3.8, 4) is 5.69 Å². The summed E-state index contributed by atoms with van der Waals surface area (Å²) in [5.74, 6) is 0.920. The van der Waals surface area contributed by atoms with E-state index in [1.807, 2.05) is 65.2 Å². The van der Waals surface area contributed by atoms with E-state index in [1.165, 1.54) is 0 Å². The number of para-hydroxylation sites is 1. The normalized spacial score (nSPS) is 17.8. The molecule has 0 spiro atoms. The SMILES string of the molecule is O=S(=O)(Cc1ccccc1)N1CCCC1CCc1nncn1-c1ccccc1. The summed E-state index contributed by atoms with van der Waals surface area (Å²) in [6, 6.07) is 19.4. The predicted octanol–water partition coefficient (Wildman–Crippen LogP) is 3.19. The monoisotopic (exact) mass is 396 g/mol. The van der Waals surface area contributed by atoms with Crippen LogP contribution in [-0.2, 0) is 22.2 Å². The first-order valence-corrected chi connectivity index (χ1v) is 11.2. The zero-order chi connectivity index (χ0) is 19.4. The first-order valence-electron chi connectivity index (χ1n) is 9.61. The number of benzene rings is 2. The van der Waals surface area contributed by atoms with Crippen molar-refractivity contribution in [3.05, 3.63) is 78.4 Å². The first-order chi connectivity index (χ1) is 13.6. The summed E-state index contributed by atoms with van der Waals surface area (Å²) in [5, 5.41) is 8.30. The first kappa shape index (κ1) is 18.8. The molecule has 0 bridgehead atoms. The van der Waals surface area contributed by atoms with Gasteiger partial charge in [0.1, 0.15) is 12.2 Å². The molecule has 4 rings (SSSR count). The van der Waals surface area contributed by atoms with Crippen LogP contribution in [0, 0.1) is 0 Å².